The fourth-order valence-corrected chi connectivity index (χ4v) is 0.597. The lowest BCUT2D eigenvalue weighted by molar-refractivity contribution is 0.512. The molecule has 1 heterocycles. The average molecular weight is 187 g/mol. The molecule has 0 amide bonds. The van der Waals surface area contributed by atoms with Crippen LogP contribution in [0.5, 0.6) is 0 Å². The van der Waals surface area contributed by atoms with Crippen molar-refractivity contribution in [3.8, 4) is 0 Å². The van der Waals surface area contributed by atoms with Crippen molar-refractivity contribution in [1.82, 2.24) is 10.2 Å². The molecule has 0 saturated heterocycles. The van der Waals surface area contributed by atoms with Crippen LogP contribution in [0.25, 0.3) is 0 Å². The number of alkyl halides is 2. The molecular formula is C3HCl3N2O. The number of halogens is 3. The fraction of sp³-hybridized carbons (Fsp3) is 0.333. The van der Waals surface area contributed by atoms with Gasteiger partial charge < -0.3 is 4.42 Å². The molecule has 0 bridgehead atoms. The van der Waals surface area contributed by atoms with Crippen LogP contribution in [0.3, 0.4) is 0 Å². The Morgan fingerprint density at radius 2 is 2.00 bits per heavy atom. The zero-order chi connectivity index (χ0) is 6.85. The van der Waals surface area contributed by atoms with Crippen LogP contribution in [0.1, 0.15) is 10.7 Å². The smallest absolute Gasteiger partial charge is 0.312 e. The van der Waals surface area contributed by atoms with Crippen LogP contribution < -0.4 is 0 Å². The zero-order valence-electron chi connectivity index (χ0n) is 4.01. The SMILES string of the molecule is Clc1nnc(C(Cl)Cl)o1. The summed E-state index contributed by atoms with van der Waals surface area (Å²) < 4.78 is 4.62. The maximum absolute atomic E-state index is 5.33. The average Bonchev–Trinajstić information content (AvgIpc) is 2.14. The van der Waals surface area contributed by atoms with Crippen molar-refractivity contribution in [3.63, 3.8) is 0 Å². The van der Waals surface area contributed by atoms with Gasteiger partial charge in [0.15, 0.2) is 4.84 Å². The lowest BCUT2D eigenvalue weighted by Gasteiger charge is -1.86. The Bertz CT molecular complexity index is 199. The van der Waals surface area contributed by atoms with E-state index in [4.69, 9.17) is 34.8 Å². The second-order valence-electron chi connectivity index (χ2n) is 1.19. The summed E-state index contributed by atoms with van der Waals surface area (Å²) in [6, 6.07) is 0. The maximum Gasteiger partial charge on any atom is 0.312 e. The lowest BCUT2D eigenvalue weighted by Crippen LogP contribution is -1.78. The van der Waals surface area contributed by atoms with Gasteiger partial charge in [-0.25, -0.2) is 0 Å². The minimum Gasteiger partial charge on any atom is -0.409 e. The van der Waals surface area contributed by atoms with Crippen molar-refractivity contribution in [2.75, 3.05) is 0 Å². The van der Waals surface area contributed by atoms with Crippen molar-refractivity contribution < 1.29 is 4.42 Å². The Morgan fingerprint density at radius 3 is 2.22 bits per heavy atom. The zero-order valence-corrected chi connectivity index (χ0v) is 6.28. The van der Waals surface area contributed by atoms with Gasteiger partial charge >= 0.3 is 5.35 Å². The largest absolute Gasteiger partial charge is 0.409 e. The predicted octanol–water partition coefficient (Wildman–Crippen LogP) is 2.20. The van der Waals surface area contributed by atoms with Crippen LogP contribution in [0.4, 0.5) is 0 Å². The first kappa shape index (κ1) is 7.12. The number of rotatable bonds is 1. The minimum atomic E-state index is -0.801. The molecule has 1 aromatic rings. The second kappa shape index (κ2) is 2.73. The van der Waals surface area contributed by atoms with Gasteiger partial charge in [0.25, 0.3) is 5.89 Å². The van der Waals surface area contributed by atoms with E-state index in [0.717, 1.165) is 0 Å². The standard InChI is InChI=1S/C3HCl3N2O/c4-1(5)2-7-8-3(6)9-2/h1H. The first-order chi connectivity index (χ1) is 4.20. The van der Waals surface area contributed by atoms with Gasteiger partial charge in [-0.05, 0) is 11.6 Å². The summed E-state index contributed by atoms with van der Waals surface area (Å²) in [5.41, 5.74) is 0. The molecule has 1 aromatic heterocycles. The van der Waals surface area contributed by atoms with E-state index < -0.39 is 4.84 Å². The summed E-state index contributed by atoms with van der Waals surface area (Å²) in [7, 11) is 0. The molecule has 0 atom stereocenters. The van der Waals surface area contributed by atoms with Gasteiger partial charge in [0.2, 0.25) is 0 Å². The summed E-state index contributed by atoms with van der Waals surface area (Å²) in [5.74, 6) is 0.114. The Morgan fingerprint density at radius 1 is 1.33 bits per heavy atom. The first-order valence-corrected chi connectivity index (χ1v) is 3.22. The van der Waals surface area contributed by atoms with Gasteiger partial charge in [0, 0.05) is 0 Å². The Kier molecular flexibility index (Phi) is 2.16. The van der Waals surface area contributed by atoms with Gasteiger partial charge in [-0.1, -0.05) is 28.3 Å². The Hall–Kier alpha value is 0.01000. The van der Waals surface area contributed by atoms with E-state index >= 15 is 0 Å². The summed E-state index contributed by atoms with van der Waals surface area (Å²) in [6.45, 7) is 0. The summed E-state index contributed by atoms with van der Waals surface area (Å²) >= 11 is 15.9. The van der Waals surface area contributed by atoms with Crippen molar-refractivity contribution in [3.05, 3.63) is 11.2 Å². The molecule has 9 heavy (non-hydrogen) atoms. The molecule has 0 radical (unpaired) electrons. The van der Waals surface area contributed by atoms with Crippen LogP contribution in [0.2, 0.25) is 5.35 Å². The second-order valence-corrected chi connectivity index (χ2v) is 2.61. The molecule has 0 aromatic carbocycles. The molecule has 0 aliphatic carbocycles. The molecule has 3 nitrogen and oxygen atoms in total. The maximum atomic E-state index is 5.33. The Labute approximate surface area is 65.9 Å². The third-order valence-electron chi connectivity index (χ3n) is 0.603. The van der Waals surface area contributed by atoms with E-state index in [-0.39, 0.29) is 11.2 Å². The molecule has 0 spiro atoms. The lowest BCUT2D eigenvalue weighted by atomic mass is 10.8. The summed E-state index contributed by atoms with van der Waals surface area (Å²) in [5, 5.41) is 6.66. The molecular weight excluding hydrogens is 186 g/mol. The van der Waals surface area contributed by atoms with Crippen LogP contribution in [-0.4, -0.2) is 10.2 Å². The van der Waals surface area contributed by atoms with E-state index in [1.807, 2.05) is 0 Å². The van der Waals surface area contributed by atoms with Crippen LogP contribution in [0.15, 0.2) is 4.42 Å². The van der Waals surface area contributed by atoms with Gasteiger partial charge in [-0.15, -0.1) is 5.10 Å². The number of aromatic nitrogens is 2. The molecule has 0 aliphatic heterocycles. The predicted molar refractivity (Wildman–Crippen MR) is 33.8 cm³/mol. The van der Waals surface area contributed by atoms with Gasteiger partial charge in [0.05, 0.1) is 0 Å². The third-order valence-corrected chi connectivity index (χ3v) is 1.13. The monoisotopic (exact) mass is 186 g/mol. The molecule has 0 fully saturated rings. The number of nitrogens with zero attached hydrogens (tertiary/aromatic N) is 2. The minimum absolute atomic E-state index is 0.0590. The van der Waals surface area contributed by atoms with Crippen molar-refractivity contribution >= 4 is 34.8 Å². The molecule has 0 saturated carbocycles. The highest BCUT2D eigenvalue weighted by Crippen LogP contribution is 2.23. The van der Waals surface area contributed by atoms with Crippen molar-refractivity contribution in [2.45, 2.75) is 4.84 Å². The van der Waals surface area contributed by atoms with Crippen LogP contribution in [-0.2, 0) is 0 Å². The van der Waals surface area contributed by atoms with E-state index in [1.165, 1.54) is 0 Å². The third kappa shape index (κ3) is 1.71. The molecule has 0 unspecified atom stereocenters. The highest BCUT2D eigenvalue weighted by atomic mass is 35.5. The van der Waals surface area contributed by atoms with Gasteiger partial charge in [0.1, 0.15) is 0 Å². The van der Waals surface area contributed by atoms with E-state index in [2.05, 4.69) is 14.6 Å². The number of hydrogen-bond acceptors (Lipinski definition) is 3. The molecule has 0 N–H and O–H groups in total. The summed E-state index contributed by atoms with van der Waals surface area (Å²) in [4.78, 5) is -0.801. The molecule has 1 rings (SSSR count). The quantitative estimate of drug-likeness (QED) is 0.633. The normalized spacial score (nSPS) is 10.7. The fourth-order valence-electron chi connectivity index (χ4n) is 0.304. The Balaban J connectivity index is 2.85. The van der Waals surface area contributed by atoms with E-state index in [0.29, 0.717) is 0 Å². The molecule has 6 heteroatoms. The van der Waals surface area contributed by atoms with Crippen molar-refractivity contribution in [1.29, 1.82) is 0 Å². The summed E-state index contributed by atoms with van der Waals surface area (Å²) in [6.07, 6.45) is 0. The van der Waals surface area contributed by atoms with E-state index in [9.17, 15) is 0 Å². The first-order valence-electron chi connectivity index (χ1n) is 1.97. The molecule has 50 valence electrons. The molecule has 0 aliphatic rings. The van der Waals surface area contributed by atoms with Crippen molar-refractivity contribution in [2.24, 2.45) is 0 Å². The highest BCUT2D eigenvalue weighted by molar-refractivity contribution is 6.43. The van der Waals surface area contributed by atoms with Crippen LogP contribution in [0, 0.1) is 0 Å². The van der Waals surface area contributed by atoms with Gasteiger partial charge in [-0.2, -0.15) is 0 Å². The van der Waals surface area contributed by atoms with E-state index in [1.54, 1.807) is 0 Å². The topological polar surface area (TPSA) is 38.9 Å². The highest BCUT2D eigenvalue weighted by Gasteiger charge is 2.10. The van der Waals surface area contributed by atoms with Crippen LogP contribution >= 0.6 is 34.8 Å². The van der Waals surface area contributed by atoms with Gasteiger partial charge in [-0.3, -0.25) is 0 Å². The number of hydrogen-bond donors (Lipinski definition) is 0.